The number of aromatic nitrogens is 3. The number of hydrogen-bond acceptors (Lipinski definition) is 4. The van der Waals surface area contributed by atoms with Crippen molar-refractivity contribution in [3.63, 3.8) is 0 Å². The van der Waals surface area contributed by atoms with Crippen LogP contribution in [0.5, 0.6) is 0 Å². The van der Waals surface area contributed by atoms with Crippen molar-refractivity contribution < 1.29 is 9.90 Å². The highest BCUT2D eigenvalue weighted by Crippen LogP contribution is 2.16. The minimum atomic E-state index is -1.21. The highest BCUT2D eigenvalue weighted by atomic mass is 35.5. The largest absolute Gasteiger partial charge is 0.480 e. The molecule has 2 heterocycles. The summed E-state index contributed by atoms with van der Waals surface area (Å²) < 4.78 is 0.766. The average Bonchev–Trinajstić information content (AvgIpc) is 2.32. The van der Waals surface area contributed by atoms with Crippen LogP contribution in [0, 0.1) is 12.8 Å². The van der Waals surface area contributed by atoms with Crippen LogP contribution >= 0.6 is 12.4 Å². The molecule has 2 aromatic heterocycles. The van der Waals surface area contributed by atoms with Crippen LogP contribution in [0.25, 0.3) is 10.9 Å². The Morgan fingerprint density at radius 3 is 2.48 bits per heavy atom. The van der Waals surface area contributed by atoms with Gasteiger partial charge in [-0.05, 0) is 18.4 Å². The van der Waals surface area contributed by atoms with Gasteiger partial charge in [0.1, 0.15) is 6.04 Å². The van der Waals surface area contributed by atoms with E-state index >= 15 is 0 Å². The summed E-state index contributed by atoms with van der Waals surface area (Å²) in [5.74, 6) is -1.61. The Morgan fingerprint density at radius 2 is 1.95 bits per heavy atom. The van der Waals surface area contributed by atoms with Gasteiger partial charge in [-0.3, -0.25) is 9.78 Å². The van der Waals surface area contributed by atoms with Gasteiger partial charge in [-0.25, -0.2) is 14.2 Å². The third kappa shape index (κ3) is 2.82. The molecule has 0 radical (unpaired) electrons. The molecule has 0 aromatic carbocycles. The van der Waals surface area contributed by atoms with Crippen molar-refractivity contribution in [1.29, 1.82) is 0 Å². The Kier molecular flexibility index (Phi) is 4.90. The number of carboxylic acid groups (broad SMARTS) is 1. The highest BCUT2D eigenvalue weighted by Gasteiger charge is 2.27. The van der Waals surface area contributed by atoms with Crippen LogP contribution in [0.3, 0.4) is 0 Å². The van der Waals surface area contributed by atoms with Crippen LogP contribution in [0.4, 0.5) is 0 Å². The van der Waals surface area contributed by atoms with E-state index < -0.39 is 29.2 Å². The van der Waals surface area contributed by atoms with Gasteiger partial charge in [0.15, 0.2) is 0 Å². The lowest BCUT2D eigenvalue weighted by Gasteiger charge is -2.18. The third-order valence-corrected chi connectivity index (χ3v) is 3.19. The molecule has 2 rings (SSSR count). The minimum absolute atomic E-state index is 0. The van der Waals surface area contributed by atoms with Gasteiger partial charge in [0.25, 0.3) is 5.56 Å². The lowest BCUT2D eigenvalue weighted by atomic mass is 10.0. The molecule has 0 fully saturated rings. The van der Waals surface area contributed by atoms with Gasteiger partial charge in [0.2, 0.25) is 0 Å². The van der Waals surface area contributed by atoms with Gasteiger partial charge < -0.3 is 10.1 Å². The van der Waals surface area contributed by atoms with Crippen molar-refractivity contribution in [2.45, 2.75) is 26.8 Å². The van der Waals surface area contributed by atoms with E-state index in [1.807, 2.05) is 0 Å². The summed E-state index contributed by atoms with van der Waals surface area (Å²) in [6.45, 7) is 4.98. The quantitative estimate of drug-likeness (QED) is 0.882. The number of hydrogen-bond donors (Lipinski definition) is 2. The van der Waals surface area contributed by atoms with E-state index in [9.17, 15) is 19.5 Å². The summed E-state index contributed by atoms with van der Waals surface area (Å²) in [5, 5.41) is 9.55. The maximum absolute atomic E-state index is 12.5. The average molecular weight is 314 g/mol. The second kappa shape index (κ2) is 6.09. The summed E-state index contributed by atoms with van der Waals surface area (Å²) in [7, 11) is 0. The number of nitrogens with one attached hydrogen (secondary N) is 1. The third-order valence-electron chi connectivity index (χ3n) is 3.19. The normalized spacial score (nSPS) is 12.2. The van der Waals surface area contributed by atoms with Gasteiger partial charge in [-0.15, -0.1) is 12.4 Å². The van der Waals surface area contributed by atoms with Crippen molar-refractivity contribution in [1.82, 2.24) is 14.5 Å². The maximum Gasteiger partial charge on any atom is 0.329 e. The SMILES string of the molecule is Cc1cncc2[nH]c(=O)n([C@H](C(=O)O)C(C)C)c(=O)c12.Cl. The van der Waals surface area contributed by atoms with Gasteiger partial charge >= 0.3 is 11.7 Å². The molecule has 0 unspecified atom stereocenters. The van der Waals surface area contributed by atoms with E-state index in [2.05, 4.69) is 9.97 Å². The Labute approximate surface area is 126 Å². The lowest BCUT2D eigenvalue weighted by Crippen LogP contribution is -2.43. The smallest absolute Gasteiger partial charge is 0.329 e. The molecule has 0 amide bonds. The summed E-state index contributed by atoms with van der Waals surface area (Å²) in [6.07, 6.45) is 2.87. The number of pyridine rings is 1. The number of fused-ring (bicyclic) bond motifs is 1. The van der Waals surface area contributed by atoms with Crippen LogP contribution in [0.15, 0.2) is 22.0 Å². The molecule has 0 aliphatic rings. The molecular formula is C13H16ClN3O4. The number of aryl methyl sites for hydroxylation is 1. The molecule has 0 saturated carbocycles. The first-order valence-corrected chi connectivity index (χ1v) is 6.16. The zero-order valence-corrected chi connectivity index (χ0v) is 12.6. The molecule has 7 nitrogen and oxygen atoms in total. The monoisotopic (exact) mass is 313 g/mol. The Hall–Kier alpha value is -2.15. The zero-order chi connectivity index (χ0) is 15.0. The van der Waals surface area contributed by atoms with Crippen LogP contribution in [0.1, 0.15) is 25.5 Å². The van der Waals surface area contributed by atoms with Gasteiger partial charge in [-0.1, -0.05) is 13.8 Å². The van der Waals surface area contributed by atoms with E-state index in [-0.39, 0.29) is 17.8 Å². The Morgan fingerprint density at radius 1 is 1.33 bits per heavy atom. The lowest BCUT2D eigenvalue weighted by molar-refractivity contribution is -0.142. The number of nitrogens with zero attached hydrogens (tertiary/aromatic N) is 2. The second-order valence-electron chi connectivity index (χ2n) is 5.01. The van der Waals surface area contributed by atoms with E-state index in [1.165, 1.54) is 12.4 Å². The summed E-state index contributed by atoms with van der Waals surface area (Å²) in [6, 6.07) is -1.21. The second-order valence-corrected chi connectivity index (χ2v) is 5.01. The maximum atomic E-state index is 12.5. The fourth-order valence-corrected chi connectivity index (χ4v) is 2.28. The molecule has 0 aliphatic heterocycles. The summed E-state index contributed by atoms with van der Waals surface area (Å²) in [5.41, 5.74) is -0.449. The first-order chi connectivity index (χ1) is 9.34. The van der Waals surface area contributed by atoms with E-state index in [4.69, 9.17) is 0 Å². The predicted molar refractivity (Wildman–Crippen MR) is 80.1 cm³/mol. The molecule has 0 bridgehead atoms. The van der Waals surface area contributed by atoms with E-state index in [0.717, 1.165) is 4.57 Å². The molecule has 21 heavy (non-hydrogen) atoms. The molecule has 0 saturated heterocycles. The molecular weight excluding hydrogens is 298 g/mol. The first-order valence-electron chi connectivity index (χ1n) is 6.16. The van der Waals surface area contributed by atoms with Crippen LogP contribution < -0.4 is 11.2 Å². The topological polar surface area (TPSA) is 105 Å². The number of rotatable bonds is 3. The van der Waals surface area contributed by atoms with E-state index in [0.29, 0.717) is 11.1 Å². The van der Waals surface area contributed by atoms with Crippen molar-refractivity contribution in [2.24, 2.45) is 5.92 Å². The number of carbonyl (C=O) groups is 1. The summed E-state index contributed by atoms with van der Waals surface area (Å²) in [4.78, 5) is 42.3. The highest BCUT2D eigenvalue weighted by molar-refractivity contribution is 5.85. The van der Waals surface area contributed by atoms with Crippen LogP contribution in [-0.4, -0.2) is 25.6 Å². The Balaban J connectivity index is 0.00000220. The van der Waals surface area contributed by atoms with E-state index in [1.54, 1.807) is 20.8 Å². The number of halogens is 1. The number of aromatic amines is 1. The van der Waals surface area contributed by atoms with Crippen LogP contribution in [0.2, 0.25) is 0 Å². The molecule has 0 spiro atoms. The van der Waals surface area contributed by atoms with Crippen molar-refractivity contribution in [3.8, 4) is 0 Å². The molecule has 2 N–H and O–H groups in total. The standard InChI is InChI=1S/C13H15N3O4.ClH/c1-6(2)10(12(18)19)16-11(17)9-7(3)4-14-5-8(9)15-13(16)20;/h4-6,10H,1-3H3,(H,15,20)(H,18,19);1H/t10-;/m0./s1. The Bertz CT molecular complexity index is 794. The fourth-order valence-electron chi connectivity index (χ4n) is 2.28. The van der Waals surface area contributed by atoms with Crippen LogP contribution in [-0.2, 0) is 4.79 Å². The fraction of sp³-hybridized carbons (Fsp3) is 0.385. The van der Waals surface area contributed by atoms with Gasteiger partial charge in [0.05, 0.1) is 17.1 Å². The summed E-state index contributed by atoms with van der Waals surface area (Å²) >= 11 is 0. The van der Waals surface area contributed by atoms with Crippen molar-refractivity contribution in [2.75, 3.05) is 0 Å². The molecule has 0 aliphatic carbocycles. The first kappa shape index (κ1) is 16.9. The van der Waals surface area contributed by atoms with Crippen molar-refractivity contribution in [3.05, 3.63) is 38.8 Å². The van der Waals surface area contributed by atoms with Gasteiger partial charge in [0, 0.05) is 6.20 Å². The number of carboxylic acids is 1. The molecule has 114 valence electrons. The predicted octanol–water partition coefficient (Wildman–Crippen LogP) is 1.10. The molecule has 1 atom stereocenters. The minimum Gasteiger partial charge on any atom is -0.480 e. The zero-order valence-electron chi connectivity index (χ0n) is 11.8. The molecule has 2 aromatic rings. The van der Waals surface area contributed by atoms with Gasteiger partial charge in [-0.2, -0.15) is 0 Å². The number of H-pyrrole nitrogens is 1. The number of aliphatic carboxylic acids is 1. The molecule has 8 heteroatoms. The van der Waals surface area contributed by atoms with Crippen molar-refractivity contribution >= 4 is 29.3 Å².